The largest absolute Gasteiger partial charge is 0.275 e. The highest BCUT2D eigenvalue weighted by molar-refractivity contribution is 5.97. The maximum absolute atomic E-state index is 4.80. The number of hydrogen-bond donors (Lipinski definition) is 0. The zero-order valence-corrected chi connectivity index (χ0v) is 16.3. The van der Waals surface area contributed by atoms with Crippen molar-refractivity contribution in [1.82, 2.24) is 29.5 Å². The Labute approximate surface area is 168 Å². The summed E-state index contributed by atoms with van der Waals surface area (Å²) in [6.07, 6.45) is 7.56. The molecule has 0 saturated heterocycles. The SMILES string of the molecule is CCn1cc(-c2ncnc3cc(-c4cnn(C)c4)ccc23)c(-c2ccccc2)n1. The van der Waals surface area contributed by atoms with Crippen molar-refractivity contribution in [2.45, 2.75) is 13.5 Å². The highest BCUT2D eigenvalue weighted by Gasteiger charge is 2.17. The molecule has 3 heterocycles. The number of aromatic nitrogens is 6. The van der Waals surface area contributed by atoms with Crippen LogP contribution in [0.15, 0.2) is 73.4 Å². The zero-order valence-electron chi connectivity index (χ0n) is 16.3. The van der Waals surface area contributed by atoms with Crippen LogP contribution in [0.2, 0.25) is 0 Å². The van der Waals surface area contributed by atoms with Gasteiger partial charge >= 0.3 is 0 Å². The fourth-order valence-electron chi connectivity index (χ4n) is 3.59. The van der Waals surface area contributed by atoms with Crippen molar-refractivity contribution in [3.05, 3.63) is 73.4 Å². The van der Waals surface area contributed by atoms with Crippen LogP contribution in [0.3, 0.4) is 0 Å². The number of aryl methyl sites for hydroxylation is 2. The maximum Gasteiger partial charge on any atom is 0.116 e. The highest BCUT2D eigenvalue weighted by Crippen LogP contribution is 2.34. The quantitative estimate of drug-likeness (QED) is 0.458. The monoisotopic (exact) mass is 380 g/mol. The van der Waals surface area contributed by atoms with E-state index in [0.29, 0.717) is 0 Å². The molecule has 0 amide bonds. The molecule has 0 saturated carbocycles. The molecule has 0 spiro atoms. The predicted molar refractivity (Wildman–Crippen MR) is 114 cm³/mol. The molecule has 0 aliphatic rings. The fraction of sp³-hybridized carbons (Fsp3) is 0.130. The Morgan fingerprint density at radius 2 is 1.72 bits per heavy atom. The molecule has 2 aromatic carbocycles. The lowest BCUT2D eigenvalue weighted by atomic mass is 10.0. The number of hydrogen-bond acceptors (Lipinski definition) is 4. The third-order valence-corrected chi connectivity index (χ3v) is 5.06. The molecule has 0 atom stereocenters. The molecule has 29 heavy (non-hydrogen) atoms. The first kappa shape index (κ1) is 17.3. The van der Waals surface area contributed by atoms with Gasteiger partial charge in [-0.3, -0.25) is 9.36 Å². The lowest BCUT2D eigenvalue weighted by molar-refractivity contribution is 0.662. The number of fused-ring (bicyclic) bond motifs is 1. The van der Waals surface area contributed by atoms with Gasteiger partial charge in [0.2, 0.25) is 0 Å². The fourth-order valence-corrected chi connectivity index (χ4v) is 3.59. The van der Waals surface area contributed by atoms with Crippen LogP contribution in [-0.4, -0.2) is 29.5 Å². The smallest absolute Gasteiger partial charge is 0.116 e. The van der Waals surface area contributed by atoms with Gasteiger partial charge in [0.15, 0.2) is 0 Å². The molecule has 6 heteroatoms. The number of benzene rings is 2. The van der Waals surface area contributed by atoms with E-state index in [1.54, 1.807) is 11.0 Å². The Morgan fingerprint density at radius 3 is 2.48 bits per heavy atom. The van der Waals surface area contributed by atoms with Gasteiger partial charge < -0.3 is 0 Å². The molecule has 3 aromatic heterocycles. The van der Waals surface area contributed by atoms with Crippen molar-refractivity contribution in [2.24, 2.45) is 7.05 Å². The van der Waals surface area contributed by atoms with Gasteiger partial charge in [0.25, 0.3) is 0 Å². The number of nitrogens with zero attached hydrogens (tertiary/aromatic N) is 6. The summed E-state index contributed by atoms with van der Waals surface area (Å²) in [5.41, 5.74) is 6.98. The second kappa shape index (κ2) is 6.98. The molecule has 5 rings (SSSR count). The zero-order chi connectivity index (χ0) is 19.8. The van der Waals surface area contributed by atoms with Crippen LogP contribution < -0.4 is 0 Å². The van der Waals surface area contributed by atoms with Crippen LogP contribution in [0.1, 0.15) is 6.92 Å². The van der Waals surface area contributed by atoms with Crippen LogP contribution in [-0.2, 0) is 13.6 Å². The van der Waals surface area contributed by atoms with Crippen LogP contribution in [0, 0.1) is 0 Å². The van der Waals surface area contributed by atoms with Gasteiger partial charge in [0, 0.05) is 48.1 Å². The first-order valence-corrected chi connectivity index (χ1v) is 9.60. The molecule has 0 aliphatic carbocycles. The van der Waals surface area contributed by atoms with Crippen molar-refractivity contribution in [1.29, 1.82) is 0 Å². The van der Waals surface area contributed by atoms with Gasteiger partial charge in [-0.25, -0.2) is 9.97 Å². The third-order valence-electron chi connectivity index (χ3n) is 5.06. The van der Waals surface area contributed by atoms with E-state index in [1.165, 1.54) is 0 Å². The minimum Gasteiger partial charge on any atom is -0.275 e. The molecule has 0 bridgehead atoms. The first-order valence-electron chi connectivity index (χ1n) is 9.60. The van der Waals surface area contributed by atoms with E-state index in [0.717, 1.165) is 51.1 Å². The summed E-state index contributed by atoms with van der Waals surface area (Å²) < 4.78 is 3.76. The summed E-state index contributed by atoms with van der Waals surface area (Å²) in [6, 6.07) is 16.5. The van der Waals surface area contributed by atoms with E-state index in [9.17, 15) is 0 Å². The minimum atomic E-state index is 0.800. The first-order chi connectivity index (χ1) is 14.2. The molecule has 0 aliphatic heterocycles. The average Bonchev–Trinajstić information content (AvgIpc) is 3.40. The summed E-state index contributed by atoms with van der Waals surface area (Å²) >= 11 is 0. The Kier molecular flexibility index (Phi) is 4.17. The van der Waals surface area contributed by atoms with Crippen LogP contribution in [0.5, 0.6) is 0 Å². The standard InChI is InChI=1S/C23H20N6/c1-3-29-14-20(22(27-29)16-7-5-4-6-8-16)23-19-10-9-17(11-21(19)24-15-25-23)18-12-26-28(2)13-18/h4-15H,3H2,1-2H3. The molecule has 5 aromatic rings. The molecule has 0 unspecified atom stereocenters. The van der Waals surface area contributed by atoms with Gasteiger partial charge in [0.05, 0.1) is 17.4 Å². The van der Waals surface area contributed by atoms with Crippen molar-refractivity contribution < 1.29 is 0 Å². The Morgan fingerprint density at radius 1 is 0.862 bits per heavy atom. The van der Waals surface area contributed by atoms with E-state index in [-0.39, 0.29) is 0 Å². The second-order valence-corrected chi connectivity index (χ2v) is 6.97. The van der Waals surface area contributed by atoms with E-state index in [4.69, 9.17) is 5.10 Å². The molecular weight excluding hydrogens is 360 g/mol. The van der Waals surface area contributed by atoms with Gasteiger partial charge in [-0.05, 0) is 24.6 Å². The van der Waals surface area contributed by atoms with Crippen molar-refractivity contribution in [3.63, 3.8) is 0 Å². The minimum absolute atomic E-state index is 0.800. The van der Waals surface area contributed by atoms with Gasteiger partial charge in [-0.15, -0.1) is 0 Å². The lowest BCUT2D eigenvalue weighted by Crippen LogP contribution is -1.93. The van der Waals surface area contributed by atoms with E-state index >= 15 is 0 Å². The Hall–Kier alpha value is -3.80. The van der Waals surface area contributed by atoms with E-state index < -0.39 is 0 Å². The van der Waals surface area contributed by atoms with Crippen LogP contribution >= 0.6 is 0 Å². The summed E-state index contributed by atoms with van der Waals surface area (Å²) in [5, 5.41) is 10.1. The average molecular weight is 380 g/mol. The van der Waals surface area contributed by atoms with Crippen molar-refractivity contribution in [2.75, 3.05) is 0 Å². The predicted octanol–water partition coefficient (Wildman–Crippen LogP) is 4.58. The summed E-state index contributed by atoms with van der Waals surface area (Å²) in [6.45, 7) is 2.89. The normalized spacial score (nSPS) is 11.2. The van der Waals surface area contributed by atoms with Crippen LogP contribution in [0.25, 0.3) is 44.5 Å². The van der Waals surface area contributed by atoms with Gasteiger partial charge in [-0.2, -0.15) is 10.2 Å². The van der Waals surface area contributed by atoms with Crippen LogP contribution in [0.4, 0.5) is 0 Å². The summed E-state index contributed by atoms with van der Waals surface area (Å²) in [7, 11) is 1.92. The molecule has 0 N–H and O–H groups in total. The topological polar surface area (TPSA) is 61.4 Å². The summed E-state index contributed by atoms with van der Waals surface area (Å²) in [5.74, 6) is 0. The van der Waals surface area contributed by atoms with E-state index in [1.807, 2.05) is 42.3 Å². The molecular formula is C23H20N6. The van der Waals surface area contributed by atoms with Crippen molar-refractivity contribution >= 4 is 10.9 Å². The Bertz CT molecular complexity index is 1300. The van der Waals surface area contributed by atoms with Gasteiger partial charge in [-0.1, -0.05) is 36.4 Å². The maximum atomic E-state index is 4.80. The molecule has 0 fully saturated rings. The molecule has 142 valence electrons. The van der Waals surface area contributed by atoms with Crippen molar-refractivity contribution in [3.8, 4) is 33.6 Å². The summed E-state index contributed by atoms with van der Waals surface area (Å²) in [4.78, 5) is 9.16. The second-order valence-electron chi connectivity index (χ2n) is 6.97. The highest BCUT2D eigenvalue weighted by atomic mass is 15.3. The molecule has 0 radical (unpaired) electrons. The Balaban J connectivity index is 1.69. The number of rotatable bonds is 4. The van der Waals surface area contributed by atoms with Gasteiger partial charge in [0.1, 0.15) is 12.0 Å². The lowest BCUT2D eigenvalue weighted by Gasteiger charge is -2.07. The third kappa shape index (κ3) is 3.08. The van der Waals surface area contributed by atoms with E-state index in [2.05, 4.69) is 58.5 Å². The molecule has 6 nitrogen and oxygen atoms in total.